The predicted octanol–water partition coefficient (Wildman–Crippen LogP) is 3.98. The minimum Gasteiger partial charge on any atom is -0.339 e. The van der Waals surface area contributed by atoms with Crippen LogP contribution < -0.4 is 10.0 Å². The van der Waals surface area contributed by atoms with E-state index in [1.165, 1.54) is 18.2 Å². The van der Waals surface area contributed by atoms with E-state index >= 15 is 0 Å². The van der Waals surface area contributed by atoms with Gasteiger partial charge in [0.05, 0.1) is 5.02 Å². The highest BCUT2D eigenvalue weighted by atomic mass is 35.5. The molecule has 0 atom stereocenters. The zero-order valence-corrected chi connectivity index (χ0v) is 14.8. The lowest BCUT2D eigenvalue weighted by Crippen LogP contribution is -2.14. The molecule has 25 heavy (non-hydrogen) atoms. The minimum absolute atomic E-state index is 0.0134. The van der Waals surface area contributed by atoms with E-state index in [0.29, 0.717) is 5.82 Å². The van der Waals surface area contributed by atoms with Crippen LogP contribution in [0.4, 0.5) is 17.3 Å². The van der Waals surface area contributed by atoms with Gasteiger partial charge in [-0.15, -0.1) is 10.2 Å². The summed E-state index contributed by atoms with van der Waals surface area (Å²) in [6.45, 7) is 1.97. The minimum atomic E-state index is -3.83. The topological polar surface area (TPSA) is 84.0 Å². The molecule has 0 amide bonds. The van der Waals surface area contributed by atoms with Gasteiger partial charge in [-0.1, -0.05) is 41.9 Å². The molecule has 0 aliphatic carbocycles. The maximum absolute atomic E-state index is 12.4. The normalized spacial score (nSPS) is 11.1. The molecule has 0 saturated heterocycles. The molecule has 0 saturated carbocycles. The van der Waals surface area contributed by atoms with Crippen molar-refractivity contribution in [1.29, 1.82) is 0 Å². The van der Waals surface area contributed by atoms with E-state index in [2.05, 4.69) is 20.2 Å². The average Bonchev–Trinajstić information content (AvgIpc) is 2.58. The molecule has 3 rings (SSSR count). The number of aromatic nitrogens is 2. The van der Waals surface area contributed by atoms with Gasteiger partial charge < -0.3 is 5.32 Å². The van der Waals surface area contributed by atoms with Crippen LogP contribution in [0.1, 0.15) is 5.56 Å². The molecule has 1 aromatic heterocycles. The van der Waals surface area contributed by atoms with Crippen LogP contribution in [0.3, 0.4) is 0 Å². The van der Waals surface area contributed by atoms with Crippen molar-refractivity contribution in [2.45, 2.75) is 11.8 Å². The molecular formula is C17H15ClN4O2S. The number of aryl methyl sites for hydroxylation is 1. The Kier molecular flexibility index (Phi) is 4.87. The van der Waals surface area contributed by atoms with Gasteiger partial charge in [0.15, 0.2) is 11.6 Å². The van der Waals surface area contributed by atoms with Gasteiger partial charge in [0.2, 0.25) is 0 Å². The Morgan fingerprint density at radius 2 is 1.52 bits per heavy atom. The van der Waals surface area contributed by atoms with Gasteiger partial charge in [-0.05, 0) is 42.8 Å². The molecular weight excluding hydrogens is 360 g/mol. The van der Waals surface area contributed by atoms with Crippen molar-refractivity contribution in [1.82, 2.24) is 10.2 Å². The second-order valence-corrected chi connectivity index (χ2v) is 7.34. The molecule has 8 heteroatoms. The number of para-hydroxylation sites is 1. The van der Waals surface area contributed by atoms with E-state index in [9.17, 15) is 8.42 Å². The van der Waals surface area contributed by atoms with E-state index in [4.69, 9.17) is 11.6 Å². The Balaban J connectivity index is 1.77. The second kappa shape index (κ2) is 7.08. The van der Waals surface area contributed by atoms with Gasteiger partial charge in [0, 0.05) is 5.69 Å². The lowest BCUT2D eigenvalue weighted by atomic mass is 10.2. The van der Waals surface area contributed by atoms with E-state index < -0.39 is 10.0 Å². The van der Waals surface area contributed by atoms with Crippen molar-refractivity contribution >= 4 is 38.9 Å². The molecule has 0 aliphatic rings. The van der Waals surface area contributed by atoms with Gasteiger partial charge in [0.25, 0.3) is 10.0 Å². The van der Waals surface area contributed by atoms with Gasteiger partial charge in [0.1, 0.15) is 4.90 Å². The van der Waals surface area contributed by atoms with Gasteiger partial charge >= 0.3 is 0 Å². The highest BCUT2D eigenvalue weighted by Crippen LogP contribution is 2.23. The number of benzene rings is 2. The molecule has 1 heterocycles. The summed E-state index contributed by atoms with van der Waals surface area (Å²) in [7, 11) is -3.83. The molecule has 128 valence electrons. The molecule has 0 bridgehead atoms. The summed E-state index contributed by atoms with van der Waals surface area (Å²) in [4.78, 5) is -0.0134. The largest absolute Gasteiger partial charge is 0.339 e. The van der Waals surface area contributed by atoms with Gasteiger partial charge in [-0.2, -0.15) is 0 Å². The summed E-state index contributed by atoms with van der Waals surface area (Å²) < 4.78 is 27.1. The van der Waals surface area contributed by atoms with Crippen LogP contribution in [0.15, 0.2) is 65.6 Å². The Morgan fingerprint density at radius 3 is 2.20 bits per heavy atom. The first kappa shape index (κ1) is 17.2. The van der Waals surface area contributed by atoms with E-state index in [1.54, 1.807) is 18.2 Å². The number of halogens is 1. The third-order valence-electron chi connectivity index (χ3n) is 3.44. The van der Waals surface area contributed by atoms with Crippen LogP contribution in [0, 0.1) is 6.92 Å². The zero-order chi connectivity index (χ0) is 17.9. The monoisotopic (exact) mass is 374 g/mol. The van der Waals surface area contributed by atoms with Crippen molar-refractivity contribution in [2.24, 2.45) is 0 Å². The highest BCUT2D eigenvalue weighted by molar-refractivity contribution is 7.92. The molecule has 0 fully saturated rings. The summed E-state index contributed by atoms with van der Waals surface area (Å²) in [6, 6.07) is 17.1. The fourth-order valence-corrected chi connectivity index (χ4v) is 3.68. The number of sulfonamides is 1. The maximum atomic E-state index is 12.4. The Morgan fingerprint density at radius 1 is 0.880 bits per heavy atom. The third kappa shape index (κ3) is 4.07. The SMILES string of the molecule is Cc1ccccc1Nc1ccc(NS(=O)(=O)c2ccccc2Cl)nn1. The Hall–Kier alpha value is -2.64. The quantitative estimate of drug-likeness (QED) is 0.705. The molecule has 6 nitrogen and oxygen atoms in total. The summed E-state index contributed by atoms with van der Waals surface area (Å²) in [6.07, 6.45) is 0. The van der Waals surface area contributed by atoms with Crippen LogP contribution in [-0.4, -0.2) is 18.6 Å². The summed E-state index contributed by atoms with van der Waals surface area (Å²) in [5.74, 6) is 0.616. The van der Waals surface area contributed by atoms with Gasteiger partial charge in [-0.25, -0.2) is 8.42 Å². The molecule has 3 aromatic rings. The van der Waals surface area contributed by atoms with Crippen molar-refractivity contribution in [2.75, 3.05) is 10.0 Å². The molecule has 0 spiro atoms. The van der Waals surface area contributed by atoms with Crippen LogP contribution in [0.2, 0.25) is 5.02 Å². The summed E-state index contributed by atoms with van der Waals surface area (Å²) in [5.41, 5.74) is 1.97. The van der Waals surface area contributed by atoms with Crippen molar-refractivity contribution < 1.29 is 8.42 Å². The number of nitrogens with zero attached hydrogens (tertiary/aromatic N) is 2. The predicted molar refractivity (Wildman–Crippen MR) is 98.8 cm³/mol. The van der Waals surface area contributed by atoms with Gasteiger partial charge in [-0.3, -0.25) is 4.72 Å². The third-order valence-corrected chi connectivity index (χ3v) is 5.29. The van der Waals surface area contributed by atoms with Crippen LogP contribution in [-0.2, 0) is 10.0 Å². The molecule has 2 N–H and O–H groups in total. The standard InChI is InChI=1S/C17H15ClN4O2S/c1-12-6-2-4-8-14(12)19-16-10-11-17(21-20-16)22-25(23,24)15-9-5-3-7-13(15)18/h2-11H,1H3,(H,19,20)(H,21,22). The number of anilines is 3. The van der Waals surface area contributed by atoms with Crippen molar-refractivity contribution in [3.05, 3.63) is 71.2 Å². The number of nitrogens with one attached hydrogen (secondary N) is 2. The molecule has 2 aromatic carbocycles. The summed E-state index contributed by atoms with van der Waals surface area (Å²) >= 11 is 5.94. The van der Waals surface area contributed by atoms with Crippen molar-refractivity contribution in [3.63, 3.8) is 0 Å². The molecule has 0 radical (unpaired) electrons. The first-order valence-electron chi connectivity index (χ1n) is 7.39. The van der Waals surface area contributed by atoms with Crippen LogP contribution in [0.25, 0.3) is 0 Å². The summed E-state index contributed by atoms with van der Waals surface area (Å²) in [5, 5.41) is 11.2. The lowest BCUT2D eigenvalue weighted by Gasteiger charge is -2.10. The maximum Gasteiger partial charge on any atom is 0.264 e. The first-order valence-corrected chi connectivity index (χ1v) is 9.25. The number of hydrogen-bond donors (Lipinski definition) is 2. The Bertz CT molecular complexity index is 992. The highest BCUT2D eigenvalue weighted by Gasteiger charge is 2.18. The smallest absolute Gasteiger partial charge is 0.264 e. The zero-order valence-electron chi connectivity index (χ0n) is 13.3. The fourth-order valence-electron chi connectivity index (χ4n) is 2.16. The number of hydrogen-bond acceptors (Lipinski definition) is 5. The average molecular weight is 375 g/mol. The number of rotatable bonds is 5. The van der Waals surface area contributed by atoms with E-state index in [-0.39, 0.29) is 15.7 Å². The van der Waals surface area contributed by atoms with Crippen LogP contribution >= 0.6 is 11.6 Å². The molecule has 0 aliphatic heterocycles. The van der Waals surface area contributed by atoms with E-state index in [1.807, 2.05) is 31.2 Å². The first-order chi connectivity index (χ1) is 12.0. The lowest BCUT2D eigenvalue weighted by molar-refractivity contribution is 0.601. The van der Waals surface area contributed by atoms with E-state index in [0.717, 1.165) is 11.3 Å². The van der Waals surface area contributed by atoms with Crippen molar-refractivity contribution in [3.8, 4) is 0 Å². The van der Waals surface area contributed by atoms with Crippen LogP contribution in [0.5, 0.6) is 0 Å². The Labute approximate surface area is 150 Å². The molecule has 0 unspecified atom stereocenters. The second-order valence-electron chi connectivity index (χ2n) is 5.28. The fraction of sp³-hybridized carbons (Fsp3) is 0.0588.